The molecular weight excluding hydrogens is 363 g/mol. The molecule has 0 aromatic heterocycles. The largest absolute Gasteiger partial charge is 0.0732 e. The number of hydrogen-bond acceptors (Lipinski definition) is 0. The summed E-state index contributed by atoms with van der Waals surface area (Å²) in [5.74, 6) is 0. The Bertz CT molecular complexity index is 727. The molecule has 0 bridgehead atoms. The van der Waals surface area contributed by atoms with Crippen LogP contribution in [-0.4, -0.2) is 0 Å². The SMILES string of the molecule is BrC=CCc1ccccc1P(c1ccccc1)c1ccccc1. The van der Waals surface area contributed by atoms with Gasteiger partial charge in [-0.15, -0.1) is 0 Å². The lowest BCUT2D eigenvalue weighted by Gasteiger charge is -2.22. The Morgan fingerprint density at radius 1 is 0.696 bits per heavy atom. The lowest BCUT2D eigenvalue weighted by Crippen LogP contribution is -2.23. The first-order chi connectivity index (χ1) is 11.4. The van der Waals surface area contributed by atoms with Crippen molar-refractivity contribution in [3.63, 3.8) is 0 Å². The summed E-state index contributed by atoms with van der Waals surface area (Å²) in [5.41, 5.74) is 1.39. The third-order valence-electron chi connectivity index (χ3n) is 3.69. The first kappa shape index (κ1) is 16.2. The second kappa shape index (κ2) is 8.24. The zero-order valence-corrected chi connectivity index (χ0v) is 15.3. The zero-order valence-electron chi connectivity index (χ0n) is 12.8. The van der Waals surface area contributed by atoms with E-state index in [0.717, 1.165) is 6.42 Å². The van der Waals surface area contributed by atoms with Gasteiger partial charge in [-0.2, -0.15) is 0 Å². The molecule has 0 saturated heterocycles. The Kier molecular flexibility index (Phi) is 5.80. The minimum atomic E-state index is -0.533. The Labute approximate surface area is 147 Å². The van der Waals surface area contributed by atoms with Gasteiger partial charge in [-0.25, -0.2) is 0 Å². The molecule has 2 heteroatoms. The van der Waals surface area contributed by atoms with Crippen molar-refractivity contribution in [3.05, 3.63) is 102 Å². The van der Waals surface area contributed by atoms with Gasteiger partial charge < -0.3 is 0 Å². The number of halogens is 1. The molecule has 0 heterocycles. The van der Waals surface area contributed by atoms with E-state index in [4.69, 9.17) is 0 Å². The molecule has 0 saturated carbocycles. The van der Waals surface area contributed by atoms with Crippen LogP contribution in [0.2, 0.25) is 0 Å². The van der Waals surface area contributed by atoms with Crippen LogP contribution in [0.15, 0.2) is 96.0 Å². The molecule has 0 atom stereocenters. The fraction of sp³-hybridized carbons (Fsp3) is 0.0476. The van der Waals surface area contributed by atoms with E-state index in [9.17, 15) is 0 Å². The molecule has 0 amide bonds. The molecule has 0 nitrogen and oxygen atoms in total. The molecular formula is C21H18BrP. The maximum Gasteiger partial charge on any atom is -0.00826 e. The molecule has 3 rings (SSSR count). The molecule has 23 heavy (non-hydrogen) atoms. The van der Waals surface area contributed by atoms with Crippen molar-refractivity contribution in [2.45, 2.75) is 6.42 Å². The predicted molar refractivity (Wildman–Crippen MR) is 107 cm³/mol. The quantitative estimate of drug-likeness (QED) is 0.552. The van der Waals surface area contributed by atoms with E-state index in [0.29, 0.717) is 0 Å². The van der Waals surface area contributed by atoms with E-state index in [-0.39, 0.29) is 0 Å². The molecule has 0 aliphatic heterocycles. The van der Waals surface area contributed by atoms with E-state index in [1.165, 1.54) is 21.5 Å². The van der Waals surface area contributed by atoms with Crippen molar-refractivity contribution < 1.29 is 0 Å². The highest BCUT2D eigenvalue weighted by molar-refractivity contribution is 9.11. The minimum Gasteiger partial charge on any atom is -0.0732 e. The van der Waals surface area contributed by atoms with Gasteiger partial charge in [-0.05, 0) is 40.8 Å². The normalized spacial score (nSPS) is 11.2. The highest BCUT2D eigenvalue weighted by Crippen LogP contribution is 2.34. The molecule has 114 valence electrons. The van der Waals surface area contributed by atoms with E-state index < -0.39 is 7.92 Å². The standard InChI is InChI=1S/C21H18BrP/c22-17-9-11-18-10-7-8-16-21(18)23(19-12-3-1-4-13-19)20-14-5-2-6-15-20/h1-10,12-17H,11H2. The van der Waals surface area contributed by atoms with Crippen LogP contribution >= 0.6 is 23.9 Å². The van der Waals surface area contributed by atoms with Gasteiger partial charge in [0.15, 0.2) is 0 Å². The van der Waals surface area contributed by atoms with E-state index in [2.05, 4.69) is 107 Å². The van der Waals surface area contributed by atoms with Gasteiger partial charge >= 0.3 is 0 Å². The second-order valence-corrected chi connectivity index (χ2v) is 7.92. The maximum atomic E-state index is 3.38. The maximum absolute atomic E-state index is 3.38. The van der Waals surface area contributed by atoms with Crippen molar-refractivity contribution in [2.24, 2.45) is 0 Å². The van der Waals surface area contributed by atoms with Crippen LogP contribution in [0.3, 0.4) is 0 Å². The summed E-state index contributed by atoms with van der Waals surface area (Å²) >= 11 is 3.38. The van der Waals surface area contributed by atoms with Gasteiger partial charge in [0.1, 0.15) is 0 Å². The summed E-state index contributed by atoms with van der Waals surface area (Å²) in [6.07, 6.45) is 3.10. The van der Waals surface area contributed by atoms with Crippen molar-refractivity contribution in [1.82, 2.24) is 0 Å². The van der Waals surface area contributed by atoms with Crippen LogP contribution in [0, 0.1) is 0 Å². The summed E-state index contributed by atoms with van der Waals surface area (Å²) in [6.45, 7) is 0. The summed E-state index contributed by atoms with van der Waals surface area (Å²) in [6, 6.07) is 30.5. The second-order valence-electron chi connectivity index (χ2n) is 5.20. The van der Waals surface area contributed by atoms with Crippen LogP contribution in [-0.2, 0) is 6.42 Å². The lowest BCUT2D eigenvalue weighted by atomic mass is 10.1. The Morgan fingerprint density at radius 2 is 1.22 bits per heavy atom. The summed E-state index contributed by atoms with van der Waals surface area (Å²) in [5, 5.41) is 4.22. The fourth-order valence-corrected chi connectivity index (χ4v) is 5.32. The van der Waals surface area contributed by atoms with Crippen LogP contribution < -0.4 is 15.9 Å². The fourth-order valence-electron chi connectivity index (χ4n) is 2.65. The van der Waals surface area contributed by atoms with Crippen LogP contribution in [0.25, 0.3) is 0 Å². The van der Waals surface area contributed by atoms with Crippen LogP contribution in [0.1, 0.15) is 5.56 Å². The zero-order chi connectivity index (χ0) is 15.9. The predicted octanol–water partition coefficient (Wildman–Crippen LogP) is 4.90. The number of allylic oxidation sites excluding steroid dienone is 1. The molecule has 3 aromatic rings. The van der Waals surface area contributed by atoms with E-state index in [1.54, 1.807) is 0 Å². The molecule has 0 spiro atoms. The van der Waals surface area contributed by atoms with E-state index in [1.807, 2.05) is 4.99 Å². The lowest BCUT2D eigenvalue weighted by molar-refractivity contribution is 1.30. The molecule has 0 N–H and O–H groups in total. The van der Waals surface area contributed by atoms with Crippen molar-refractivity contribution in [1.29, 1.82) is 0 Å². The van der Waals surface area contributed by atoms with Crippen LogP contribution in [0.4, 0.5) is 0 Å². The minimum absolute atomic E-state index is 0.533. The average molecular weight is 381 g/mol. The smallest absolute Gasteiger partial charge is 0.00826 e. The summed E-state index contributed by atoms with van der Waals surface area (Å²) < 4.78 is 0. The number of rotatable bonds is 5. The highest BCUT2D eigenvalue weighted by Gasteiger charge is 2.18. The molecule has 0 radical (unpaired) electrons. The summed E-state index contributed by atoms with van der Waals surface area (Å²) in [4.78, 5) is 1.94. The average Bonchev–Trinajstić information content (AvgIpc) is 2.63. The monoisotopic (exact) mass is 380 g/mol. The van der Waals surface area contributed by atoms with Crippen molar-refractivity contribution >= 4 is 39.8 Å². The highest BCUT2D eigenvalue weighted by atomic mass is 79.9. The van der Waals surface area contributed by atoms with Crippen molar-refractivity contribution in [3.8, 4) is 0 Å². The van der Waals surface area contributed by atoms with Crippen molar-refractivity contribution in [2.75, 3.05) is 0 Å². The summed E-state index contributed by atoms with van der Waals surface area (Å²) in [7, 11) is -0.533. The first-order valence-corrected chi connectivity index (χ1v) is 9.89. The Balaban J connectivity index is 2.13. The van der Waals surface area contributed by atoms with Gasteiger partial charge in [0.25, 0.3) is 0 Å². The molecule has 0 unspecified atom stereocenters. The molecule has 0 aliphatic carbocycles. The van der Waals surface area contributed by atoms with Gasteiger partial charge in [-0.1, -0.05) is 107 Å². The molecule has 0 fully saturated rings. The Morgan fingerprint density at radius 3 is 1.78 bits per heavy atom. The van der Waals surface area contributed by atoms with Crippen LogP contribution in [0.5, 0.6) is 0 Å². The molecule has 3 aromatic carbocycles. The van der Waals surface area contributed by atoms with Gasteiger partial charge in [0, 0.05) is 0 Å². The third-order valence-corrected chi connectivity index (χ3v) is 6.61. The topological polar surface area (TPSA) is 0 Å². The van der Waals surface area contributed by atoms with Gasteiger partial charge in [-0.3, -0.25) is 0 Å². The number of hydrogen-bond donors (Lipinski definition) is 0. The first-order valence-electron chi connectivity index (χ1n) is 7.63. The third kappa shape index (κ3) is 3.99. The Hall–Kier alpha value is -1.69. The molecule has 0 aliphatic rings. The van der Waals surface area contributed by atoms with E-state index >= 15 is 0 Å². The number of benzene rings is 3. The van der Waals surface area contributed by atoms with Gasteiger partial charge in [0.2, 0.25) is 0 Å². The van der Waals surface area contributed by atoms with Gasteiger partial charge in [0.05, 0.1) is 0 Å².